The van der Waals surface area contributed by atoms with Crippen molar-refractivity contribution in [2.45, 2.75) is 44.8 Å². The monoisotopic (exact) mass is 439 g/mol. The molecule has 2 rings (SSSR count). The first-order valence-corrected chi connectivity index (χ1v) is 9.94. The van der Waals surface area contributed by atoms with Gasteiger partial charge in [0, 0.05) is 9.49 Å². The summed E-state index contributed by atoms with van der Waals surface area (Å²) in [5.41, 5.74) is 0.852. The van der Waals surface area contributed by atoms with Gasteiger partial charge < -0.3 is 4.74 Å². The first kappa shape index (κ1) is 18.1. The summed E-state index contributed by atoms with van der Waals surface area (Å²) in [7, 11) is -3.94. The maximum absolute atomic E-state index is 11.1. The van der Waals surface area contributed by atoms with Crippen LogP contribution in [0.2, 0.25) is 0 Å². The van der Waals surface area contributed by atoms with Crippen LogP contribution in [0.15, 0.2) is 24.3 Å². The molecule has 1 aliphatic rings. The Morgan fingerprint density at radius 2 is 2.00 bits per heavy atom. The highest BCUT2D eigenvalue weighted by atomic mass is 127. The zero-order valence-electron chi connectivity index (χ0n) is 12.8. The Labute approximate surface area is 146 Å². The molecule has 0 bridgehead atoms. The van der Waals surface area contributed by atoms with Gasteiger partial charge in [0.25, 0.3) is 0 Å². The molecule has 0 unspecified atom stereocenters. The fraction of sp³-hybridized carbons (Fsp3) is 0.600. The van der Waals surface area contributed by atoms with Gasteiger partial charge in [-0.05, 0) is 53.5 Å². The van der Waals surface area contributed by atoms with E-state index in [2.05, 4.69) is 36.4 Å². The van der Waals surface area contributed by atoms with Crippen LogP contribution in [-0.4, -0.2) is 20.6 Å². The molecule has 1 heterocycles. The molecule has 5 nitrogen and oxygen atoms in total. The third-order valence-electron chi connectivity index (χ3n) is 4.39. The van der Waals surface area contributed by atoms with Gasteiger partial charge in [0.15, 0.2) is 0 Å². The lowest BCUT2D eigenvalue weighted by molar-refractivity contribution is -0.0531. The van der Waals surface area contributed by atoms with Crippen molar-refractivity contribution in [3.05, 3.63) is 33.4 Å². The van der Waals surface area contributed by atoms with E-state index >= 15 is 0 Å². The summed E-state index contributed by atoms with van der Waals surface area (Å²) in [6, 6.07) is 7.99. The minimum absolute atomic E-state index is 0.0332. The van der Waals surface area contributed by atoms with Gasteiger partial charge in [0.05, 0.1) is 18.3 Å². The molecule has 1 fully saturated rings. The Morgan fingerprint density at radius 1 is 1.36 bits per heavy atom. The summed E-state index contributed by atoms with van der Waals surface area (Å²) in [6.45, 7) is 4.25. The first-order chi connectivity index (χ1) is 10.3. The zero-order chi connectivity index (χ0) is 16.4. The fourth-order valence-electron chi connectivity index (χ4n) is 3.06. The van der Waals surface area contributed by atoms with Crippen LogP contribution in [0.5, 0.6) is 0 Å². The van der Waals surface area contributed by atoms with Crippen LogP contribution in [0.25, 0.3) is 0 Å². The second kappa shape index (κ2) is 7.12. The van der Waals surface area contributed by atoms with E-state index in [9.17, 15) is 8.42 Å². The summed E-state index contributed by atoms with van der Waals surface area (Å²) in [5.74, 6) is -0.0332. The van der Waals surface area contributed by atoms with E-state index in [1.54, 1.807) is 0 Å². The smallest absolute Gasteiger partial charge is 0.333 e. The molecule has 0 aliphatic carbocycles. The number of hydrogen-bond donors (Lipinski definition) is 1. The van der Waals surface area contributed by atoms with Crippen LogP contribution < -0.4 is 5.14 Å². The van der Waals surface area contributed by atoms with Crippen molar-refractivity contribution in [2.24, 2.45) is 11.1 Å². The predicted molar refractivity (Wildman–Crippen MR) is 93.5 cm³/mol. The Morgan fingerprint density at radius 3 is 2.55 bits per heavy atom. The van der Waals surface area contributed by atoms with Gasteiger partial charge in [-0.25, -0.2) is 5.14 Å². The second-order valence-corrected chi connectivity index (χ2v) is 8.08. The standard InChI is InChI=1S/C15H22INO4S/c1-3-15(4-2)9-11(10-20-22(17,18)19)14(21-15)12-7-5-6-8-13(12)16/h5-8,11,14H,3-4,9-10H2,1-2H3,(H2,17,18,19)/t11-,14+/m0/s1. The van der Waals surface area contributed by atoms with Gasteiger partial charge in [-0.1, -0.05) is 32.0 Å². The summed E-state index contributed by atoms with van der Waals surface area (Å²) < 4.78 is 34.6. The third kappa shape index (κ3) is 4.19. The molecule has 0 aromatic heterocycles. The van der Waals surface area contributed by atoms with Crippen LogP contribution in [-0.2, 0) is 19.2 Å². The SMILES string of the molecule is CCC1(CC)C[C@@H](COS(N)(=O)=O)[C@H](c2ccccc2I)O1. The molecular weight excluding hydrogens is 417 g/mol. The minimum atomic E-state index is -3.94. The summed E-state index contributed by atoms with van der Waals surface area (Å²) in [4.78, 5) is 0. The highest BCUT2D eigenvalue weighted by Crippen LogP contribution is 2.48. The Balaban J connectivity index is 2.29. The molecule has 1 aromatic carbocycles. The maximum atomic E-state index is 11.1. The molecule has 22 heavy (non-hydrogen) atoms. The molecule has 0 amide bonds. The number of halogens is 1. The van der Waals surface area contributed by atoms with E-state index in [1.165, 1.54) is 0 Å². The van der Waals surface area contributed by atoms with Crippen LogP contribution in [0.4, 0.5) is 0 Å². The highest BCUT2D eigenvalue weighted by Gasteiger charge is 2.45. The maximum Gasteiger partial charge on any atom is 0.333 e. The molecule has 2 atom stereocenters. The average molecular weight is 439 g/mol. The van der Waals surface area contributed by atoms with Crippen molar-refractivity contribution >= 4 is 32.9 Å². The van der Waals surface area contributed by atoms with Crippen LogP contribution in [0, 0.1) is 9.49 Å². The molecule has 1 aromatic rings. The minimum Gasteiger partial charge on any atom is -0.367 e. The van der Waals surface area contributed by atoms with E-state index in [-0.39, 0.29) is 24.2 Å². The molecule has 7 heteroatoms. The van der Waals surface area contributed by atoms with Crippen molar-refractivity contribution in [3.8, 4) is 0 Å². The quantitative estimate of drug-likeness (QED) is 0.691. The van der Waals surface area contributed by atoms with Crippen LogP contribution in [0.3, 0.4) is 0 Å². The van der Waals surface area contributed by atoms with Crippen molar-refractivity contribution in [3.63, 3.8) is 0 Å². The Hall–Kier alpha value is -0.220. The average Bonchev–Trinajstić information content (AvgIpc) is 2.85. The van der Waals surface area contributed by atoms with E-state index < -0.39 is 10.3 Å². The lowest BCUT2D eigenvalue weighted by Crippen LogP contribution is -2.26. The molecule has 0 saturated carbocycles. The van der Waals surface area contributed by atoms with Crippen molar-refractivity contribution in [2.75, 3.05) is 6.61 Å². The van der Waals surface area contributed by atoms with Gasteiger partial charge >= 0.3 is 10.3 Å². The molecule has 0 spiro atoms. The molecule has 124 valence electrons. The summed E-state index contributed by atoms with van der Waals surface area (Å²) in [5, 5.41) is 4.97. The number of ether oxygens (including phenoxy) is 1. The summed E-state index contributed by atoms with van der Waals surface area (Å²) >= 11 is 2.28. The molecule has 1 saturated heterocycles. The second-order valence-electron chi connectivity index (χ2n) is 5.69. The topological polar surface area (TPSA) is 78.6 Å². The molecule has 2 N–H and O–H groups in total. The summed E-state index contributed by atoms with van der Waals surface area (Å²) in [6.07, 6.45) is 2.37. The number of rotatable bonds is 6. The lowest BCUT2D eigenvalue weighted by atomic mass is 9.87. The van der Waals surface area contributed by atoms with Crippen molar-refractivity contribution < 1.29 is 17.3 Å². The van der Waals surface area contributed by atoms with E-state index in [0.29, 0.717) is 0 Å². The number of benzene rings is 1. The number of hydrogen-bond acceptors (Lipinski definition) is 4. The van der Waals surface area contributed by atoms with Gasteiger partial charge in [0.1, 0.15) is 0 Å². The highest BCUT2D eigenvalue weighted by molar-refractivity contribution is 14.1. The molecule has 1 aliphatic heterocycles. The molecule has 0 radical (unpaired) electrons. The molecular formula is C15H22INO4S. The van der Waals surface area contributed by atoms with E-state index in [4.69, 9.17) is 14.1 Å². The van der Waals surface area contributed by atoms with Gasteiger partial charge in [-0.15, -0.1) is 0 Å². The third-order valence-corrected chi connectivity index (χ3v) is 5.83. The van der Waals surface area contributed by atoms with E-state index in [1.807, 2.05) is 24.3 Å². The van der Waals surface area contributed by atoms with Crippen molar-refractivity contribution in [1.82, 2.24) is 0 Å². The van der Waals surface area contributed by atoms with Crippen LogP contribution >= 0.6 is 22.6 Å². The van der Waals surface area contributed by atoms with Gasteiger partial charge in [0.2, 0.25) is 0 Å². The van der Waals surface area contributed by atoms with Gasteiger partial charge in [-0.3, -0.25) is 4.18 Å². The predicted octanol–water partition coefficient (Wildman–Crippen LogP) is 3.15. The fourth-order valence-corrected chi connectivity index (χ4v) is 4.11. The lowest BCUT2D eigenvalue weighted by Gasteiger charge is -2.27. The van der Waals surface area contributed by atoms with E-state index in [0.717, 1.165) is 28.4 Å². The first-order valence-electron chi connectivity index (χ1n) is 7.39. The van der Waals surface area contributed by atoms with Crippen molar-refractivity contribution in [1.29, 1.82) is 0 Å². The van der Waals surface area contributed by atoms with Gasteiger partial charge in [-0.2, -0.15) is 8.42 Å². The van der Waals surface area contributed by atoms with Crippen LogP contribution in [0.1, 0.15) is 44.8 Å². The Kier molecular flexibility index (Phi) is 5.87. The normalized spacial score (nSPS) is 24.5. The zero-order valence-corrected chi connectivity index (χ0v) is 15.8. The number of nitrogens with two attached hydrogens (primary N) is 1. The largest absolute Gasteiger partial charge is 0.367 e. The Bertz CT molecular complexity index is 616.